The van der Waals surface area contributed by atoms with Crippen LogP contribution in [0.3, 0.4) is 0 Å². The smallest absolute Gasteiger partial charge is 0.254 e. The normalized spacial score (nSPS) is 11.1. The van der Waals surface area contributed by atoms with Crippen LogP contribution in [0, 0.1) is 0 Å². The number of hydrogen-bond acceptors (Lipinski definition) is 4. The molecular formula is C15H16Cl2N4O. The number of anilines is 2. The number of halogens is 2. The molecule has 5 nitrogen and oxygen atoms in total. The van der Waals surface area contributed by atoms with Crippen molar-refractivity contribution in [3.63, 3.8) is 0 Å². The van der Waals surface area contributed by atoms with Crippen molar-refractivity contribution in [2.24, 2.45) is 0 Å². The second kappa shape index (κ2) is 6.50. The second-order valence-electron chi connectivity index (χ2n) is 5.75. The van der Waals surface area contributed by atoms with Gasteiger partial charge in [-0.25, -0.2) is 9.97 Å². The third kappa shape index (κ3) is 4.58. The summed E-state index contributed by atoms with van der Waals surface area (Å²) in [7, 11) is 0. The molecule has 7 heteroatoms. The summed E-state index contributed by atoms with van der Waals surface area (Å²) < 4.78 is 0. The molecule has 0 atom stereocenters. The van der Waals surface area contributed by atoms with E-state index in [0.717, 1.165) is 0 Å². The summed E-state index contributed by atoms with van der Waals surface area (Å²) in [5.74, 6) is 0.125. The van der Waals surface area contributed by atoms with Crippen LogP contribution in [-0.4, -0.2) is 21.4 Å². The first kappa shape index (κ1) is 16.5. The first-order valence-corrected chi connectivity index (χ1v) is 7.37. The zero-order chi connectivity index (χ0) is 16.3. The largest absolute Gasteiger partial charge is 0.347 e. The van der Waals surface area contributed by atoms with Gasteiger partial charge < -0.3 is 10.6 Å². The third-order valence-electron chi connectivity index (χ3n) is 2.58. The Hall–Kier alpha value is -1.85. The minimum absolute atomic E-state index is 0.219. The Morgan fingerprint density at radius 2 is 1.77 bits per heavy atom. The highest BCUT2D eigenvalue weighted by atomic mass is 35.5. The van der Waals surface area contributed by atoms with Gasteiger partial charge in [-0.05, 0) is 39.0 Å². The van der Waals surface area contributed by atoms with Gasteiger partial charge in [0.2, 0.25) is 5.95 Å². The molecule has 0 unspecified atom stereocenters. The van der Waals surface area contributed by atoms with Gasteiger partial charge in [0.1, 0.15) is 0 Å². The number of benzene rings is 1. The molecule has 2 aromatic rings. The minimum Gasteiger partial charge on any atom is -0.347 e. The third-order valence-corrected chi connectivity index (χ3v) is 3.13. The summed E-state index contributed by atoms with van der Waals surface area (Å²) in [4.78, 5) is 20.2. The summed E-state index contributed by atoms with van der Waals surface area (Å²) >= 11 is 11.9. The molecule has 1 heterocycles. The Kier molecular flexibility index (Phi) is 4.88. The van der Waals surface area contributed by atoms with Gasteiger partial charge in [-0.15, -0.1) is 0 Å². The molecule has 1 amide bonds. The maximum atomic E-state index is 12.0. The number of amides is 1. The molecule has 1 aromatic carbocycles. The highest BCUT2D eigenvalue weighted by Crippen LogP contribution is 2.27. The lowest BCUT2D eigenvalue weighted by molar-refractivity contribution is 0.0919. The van der Waals surface area contributed by atoms with Crippen molar-refractivity contribution in [1.82, 2.24) is 15.3 Å². The summed E-state index contributed by atoms with van der Waals surface area (Å²) in [6.07, 6.45) is 2.92. The maximum Gasteiger partial charge on any atom is 0.254 e. The summed E-state index contributed by atoms with van der Waals surface area (Å²) in [6, 6.07) is 5.06. The van der Waals surface area contributed by atoms with E-state index < -0.39 is 0 Å². The Morgan fingerprint density at radius 1 is 1.14 bits per heavy atom. The second-order valence-corrected chi connectivity index (χ2v) is 6.59. The van der Waals surface area contributed by atoms with E-state index in [1.54, 1.807) is 18.2 Å². The van der Waals surface area contributed by atoms with Crippen molar-refractivity contribution in [3.8, 4) is 0 Å². The van der Waals surface area contributed by atoms with Crippen molar-refractivity contribution in [2.45, 2.75) is 26.3 Å². The maximum absolute atomic E-state index is 12.0. The van der Waals surface area contributed by atoms with Crippen LogP contribution in [0.1, 0.15) is 31.1 Å². The number of hydrogen-bond donors (Lipinski definition) is 2. The van der Waals surface area contributed by atoms with E-state index in [1.807, 2.05) is 20.8 Å². The number of nitrogens with zero attached hydrogens (tertiary/aromatic N) is 2. The Balaban J connectivity index is 2.10. The van der Waals surface area contributed by atoms with Crippen molar-refractivity contribution in [2.75, 3.05) is 5.32 Å². The highest BCUT2D eigenvalue weighted by molar-refractivity contribution is 6.36. The first-order chi connectivity index (χ1) is 10.2. The Morgan fingerprint density at radius 3 is 2.32 bits per heavy atom. The van der Waals surface area contributed by atoms with Gasteiger partial charge in [-0.1, -0.05) is 23.2 Å². The van der Waals surface area contributed by atoms with Gasteiger partial charge >= 0.3 is 0 Å². The van der Waals surface area contributed by atoms with Crippen LogP contribution < -0.4 is 10.6 Å². The zero-order valence-corrected chi connectivity index (χ0v) is 14.0. The molecule has 0 bridgehead atoms. The Labute approximate surface area is 139 Å². The van der Waals surface area contributed by atoms with Gasteiger partial charge in [-0.2, -0.15) is 0 Å². The zero-order valence-electron chi connectivity index (χ0n) is 12.4. The van der Waals surface area contributed by atoms with E-state index in [1.165, 1.54) is 12.4 Å². The fourth-order valence-electron chi connectivity index (χ4n) is 1.63. The molecule has 0 aliphatic heterocycles. The number of carbonyl (C=O) groups excluding carboxylic acids is 1. The summed E-state index contributed by atoms with van der Waals surface area (Å²) in [6.45, 7) is 5.72. The van der Waals surface area contributed by atoms with Crippen molar-refractivity contribution < 1.29 is 4.79 Å². The molecule has 116 valence electrons. The molecule has 0 spiro atoms. The molecule has 0 saturated heterocycles. The van der Waals surface area contributed by atoms with Crippen LogP contribution >= 0.6 is 23.2 Å². The van der Waals surface area contributed by atoms with E-state index in [4.69, 9.17) is 23.2 Å². The van der Waals surface area contributed by atoms with Crippen LogP contribution in [0.5, 0.6) is 0 Å². The first-order valence-electron chi connectivity index (χ1n) is 6.61. The fraction of sp³-hybridized carbons (Fsp3) is 0.267. The van der Waals surface area contributed by atoms with Crippen LogP contribution in [-0.2, 0) is 0 Å². The molecular weight excluding hydrogens is 323 g/mol. The monoisotopic (exact) mass is 338 g/mol. The van der Waals surface area contributed by atoms with Crippen molar-refractivity contribution in [1.29, 1.82) is 0 Å². The molecule has 1 aromatic heterocycles. The predicted octanol–water partition coefficient (Wildman–Crippen LogP) is 4.06. The van der Waals surface area contributed by atoms with E-state index in [2.05, 4.69) is 20.6 Å². The van der Waals surface area contributed by atoms with E-state index in [9.17, 15) is 4.79 Å². The van der Waals surface area contributed by atoms with Crippen LogP contribution in [0.4, 0.5) is 11.6 Å². The SMILES string of the molecule is CC(C)(C)NC(=O)c1cnc(Nc2ccc(Cl)cc2Cl)nc1. The van der Waals surface area contributed by atoms with Gasteiger partial charge in [0.25, 0.3) is 5.91 Å². The van der Waals surface area contributed by atoms with Crippen molar-refractivity contribution >= 4 is 40.7 Å². The predicted molar refractivity (Wildman–Crippen MR) is 89.0 cm³/mol. The van der Waals surface area contributed by atoms with Crippen LogP contribution in [0.2, 0.25) is 10.0 Å². The average molecular weight is 339 g/mol. The average Bonchev–Trinajstić information content (AvgIpc) is 2.41. The number of rotatable bonds is 3. The molecule has 2 N–H and O–H groups in total. The van der Waals surface area contributed by atoms with Crippen molar-refractivity contribution in [3.05, 3.63) is 46.2 Å². The lowest BCUT2D eigenvalue weighted by Crippen LogP contribution is -2.40. The molecule has 0 aliphatic carbocycles. The molecule has 0 radical (unpaired) electrons. The van der Waals surface area contributed by atoms with E-state index in [-0.39, 0.29) is 11.4 Å². The molecule has 0 fully saturated rings. The highest BCUT2D eigenvalue weighted by Gasteiger charge is 2.16. The topological polar surface area (TPSA) is 66.9 Å². The van der Waals surface area contributed by atoms with Crippen LogP contribution in [0.15, 0.2) is 30.6 Å². The molecule has 22 heavy (non-hydrogen) atoms. The molecule has 0 aliphatic rings. The lowest BCUT2D eigenvalue weighted by atomic mass is 10.1. The standard InChI is InChI=1S/C15H16Cl2N4O/c1-15(2,3)21-13(22)9-7-18-14(19-8-9)20-12-5-4-10(16)6-11(12)17/h4-8H,1-3H3,(H,21,22)(H,18,19,20). The van der Waals surface area contributed by atoms with Gasteiger partial charge in [-0.3, -0.25) is 4.79 Å². The lowest BCUT2D eigenvalue weighted by Gasteiger charge is -2.20. The quantitative estimate of drug-likeness (QED) is 0.885. The number of nitrogens with one attached hydrogen (secondary N) is 2. The van der Waals surface area contributed by atoms with Gasteiger partial charge in [0.05, 0.1) is 16.3 Å². The number of carbonyl (C=O) groups is 1. The van der Waals surface area contributed by atoms with Gasteiger partial charge in [0, 0.05) is 23.0 Å². The number of aromatic nitrogens is 2. The summed E-state index contributed by atoms with van der Waals surface area (Å²) in [5, 5.41) is 6.82. The molecule has 0 saturated carbocycles. The minimum atomic E-state index is -0.315. The van der Waals surface area contributed by atoms with E-state index >= 15 is 0 Å². The summed E-state index contributed by atoms with van der Waals surface area (Å²) in [5.41, 5.74) is 0.714. The van der Waals surface area contributed by atoms with E-state index in [0.29, 0.717) is 27.2 Å². The fourth-order valence-corrected chi connectivity index (χ4v) is 2.09. The molecule has 2 rings (SSSR count). The van der Waals surface area contributed by atoms with Gasteiger partial charge in [0.15, 0.2) is 0 Å². The Bertz CT molecular complexity index is 681. The van der Waals surface area contributed by atoms with Crippen LogP contribution in [0.25, 0.3) is 0 Å².